The Bertz CT molecular complexity index is 460. The molecule has 2 saturated heterocycles. The number of hydrogen-bond donors (Lipinski definition) is 0. The Balaban J connectivity index is 1.49. The lowest BCUT2D eigenvalue weighted by Gasteiger charge is -2.41. The number of ether oxygens (including phenoxy) is 1. The highest BCUT2D eigenvalue weighted by atomic mass is 16.5. The minimum atomic E-state index is 0.821. The number of para-hydroxylation sites is 1. The molecule has 0 spiro atoms. The molecule has 2 fully saturated rings. The average Bonchev–Trinajstić information content (AvgIpc) is 2.57. The molecule has 122 valence electrons. The van der Waals surface area contributed by atoms with E-state index in [4.69, 9.17) is 4.74 Å². The molecule has 0 radical (unpaired) electrons. The van der Waals surface area contributed by atoms with E-state index in [1.165, 1.54) is 57.4 Å². The molecule has 2 aliphatic heterocycles. The van der Waals surface area contributed by atoms with Crippen LogP contribution in [0.5, 0.6) is 5.75 Å². The largest absolute Gasteiger partial charge is 0.496 e. The summed E-state index contributed by atoms with van der Waals surface area (Å²) in [5.41, 5.74) is 1.32. The van der Waals surface area contributed by atoms with Crippen LogP contribution in [-0.2, 0) is 6.54 Å². The average molecular weight is 302 g/mol. The van der Waals surface area contributed by atoms with E-state index < -0.39 is 0 Å². The summed E-state index contributed by atoms with van der Waals surface area (Å²) in [6, 6.07) is 9.24. The molecular formula is C19H30N2O. The Hall–Kier alpha value is -1.06. The summed E-state index contributed by atoms with van der Waals surface area (Å²) in [7, 11) is 1.77. The van der Waals surface area contributed by atoms with Crippen LogP contribution in [0, 0.1) is 5.92 Å². The third-order valence-electron chi connectivity index (χ3n) is 5.48. The molecule has 1 aromatic carbocycles. The van der Waals surface area contributed by atoms with E-state index in [0.717, 1.165) is 24.3 Å². The van der Waals surface area contributed by atoms with Crippen LogP contribution in [-0.4, -0.2) is 49.1 Å². The van der Waals surface area contributed by atoms with Gasteiger partial charge in [-0.25, -0.2) is 0 Å². The number of hydrogen-bond acceptors (Lipinski definition) is 3. The Morgan fingerprint density at radius 1 is 1.00 bits per heavy atom. The van der Waals surface area contributed by atoms with E-state index in [9.17, 15) is 0 Å². The molecular weight excluding hydrogens is 272 g/mol. The predicted octanol–water partition coefficient (Wildman–Crippen LogP) is 3.39. The highest BCUT2D eigenvalue weighted by Crippen LogP contribution is 2.25. The van der Waals surface area contributed by atoms with Gasteiger partial charge in [0.2, 0.25) is 0 Å². The van der Waals surface area contributed by atoms with E-state index in [2.05, 4.69) is 34.9 Å². The van der Waals surface area contributed by atoms with Crippen LogP contribution in [0.4, 0.5) is 0 Å². The maximum Gasteiger partial charge on any atom is 0.123 e. The summed E-state index contributed by atoms with van der Waals surface area (Å²) in [6.45, 7) is 8.49. The molecule has 0 aromatic heterocycles. The molecule has 2 heterocycles. The second-order valence-electron chi connectivity index (χ2n) is 7.04. The SMILES string of the molecule is COc1ccccc1CN1CCC(N2CCC(C)CC2)CC1. The van der Waals surface area contributed by atoms with Gasteiger partial charge in [0.15, 0.2) is 0 Å². The normalized spacial score (nSPS) is 22.8. The topological polar surface area (TPSA) is 15.7 Å². The maximum atomic E-state index is 5.48. The van der Waals surface area contributed by atoms with E-state index in [1.54, 1.807) is 7.11 Å². The summed E-state index contributed by atoms with van der Waals surface area (Å²) in [5.74, 6) is 1.96. The molecule has 3 rings (SSSR count). The summed E-state index contributed by atoms with van der Waals surface area (Å²) in [5, 5.41) is 0. The molecule has 3 nitrogen and oxygen atoms in total. The van der Waals surface area contributed by atoms with Gasteiger partial charge in [-0.05, 0) is 63.8 Å². The summed E-state index contributed by atoms with van der Waals surface area (Å²) >= 11 is 0. The summed E-state index contributed by atoms with van der Waals surface area (Å²) < 4.78 is 5.48. The molecule has 0 N–H and O–H groups in total. The fraction of sp³-hybridized carbons (Fsp3) is 0.684. The Morgan fingerprint density at radius 2 is 1.68 bits per heavy atom. The zero-order chi connectivity index (χ0) is 15.4. The Morgan fingerprint density at radius 3 is 2.36 bits per heavy atom. The van der Waals surface area contributed by atoms with Crippen LogP contribution in [0.15, 0.2) is 24.3 Å². The number of benzene rings is 1. The lowest BCUT2D eigenvalue weighted by atomic mass is 9.95. The van der Waals surface area contributed by atoms with Crippen molar-refractivity contribution in [1.29, 1.82) is 0 Å². The second-order valence-corrected chi connectivity index (χ2v) is 7.04. The molecule has 0 saturated carbocycles. The van der Waals surface area contributed by atoms with Gasteiger partial charge in [0, 0.05) is 18.2 Å². The van der Waals surface area contributed by atoms with Crippen LogP contribution in [0.3, 0.4) is 0 Å². The summed E-state index contributed by atoms with van der Waals surface area (Å²) in [4.78, 5) is 5.33. The minimum absolute atomic E-state index is 0.821. The fourth-order valence-electron chi connectivity index (χ4n) is 3.91. The molecule has 3 heteroatoms. The molecule has 0 bridgehead atoms. The van der Waals surface area contributed by atoms with E-state index in [0.29, 0.717) is 0 Å². The van der Waals surface area contributed by atoms with Gasteiger partial charge >= 0.3 is 0 Å². The van der Waals surface area contributed by atoms with Crippen molar-refractivity contribution in [1.82, 2.24) is 9.80 Å². The lowest BCUT2D eigenvalue weighted by Crippen LogP contribution is -2.47. The van der Waals surface area contributed by atoms with Gasteiger partial charge in [-0.1, -0.05) is 25.1 Å². The first-order valence-corrected chi connectivity index (χ1v) is 8.84. The van der Waals surface area contributed by atoms with Gasteiger partial charge < -0.3 is 9.64 Å². The van der Waals surface area contributed by atoms with Crippen molar-refractivity contribution in [3.05, 3.63) is 29.8 Å². The van der Waals surface area contributed by atoms with Crippen LogP contribution in [0.25, 0.3) is 0 Å². The van der Waals surface area contributed by atoms with Crippen molar-refractivity contribution < 1.29 is 4.74 Å². The number of piperidine rings is 2. The molecule has 0 amide bonds. The van der Waals surface area contributed by atoms with Crippen molar-refractivity contribution in [2.75, 3.05) is 33.3 Å². The quantitative estimate of drug-likeness (QED) is 0.848. The molecule has 2 aliphatic rings. The molecule has 0 aliphatic carbocycles. The third-order valence-corrected chi connectivity index (χ3v) is 5.48. The van der Waals surface area contributed by atoms with Crippen LogP contribution in [0.2, 0.25) is 0 Å². The predicted molar refractivity (Wildman–Crippen MR) is 91.3 cm³/mol. The highest BCUT2D eigenvalue weighted by molar-refractivity contribution is 5.33. The van der Waals surface area contributed by atoms with Gasteiger partial charge in [0.05, 0.1) is 7.11 Å². The van der Waals surface area contributed by atoms with Crippen molar-refractivity contribution in [2.45, 2.75) is 45.2 Å². The lowest BCUT2D eigenvalue weighted by molar-refractivity contribution is 0.0776. The second kappa shape index (κ2) is 7.47. The van der Waals surface area contributed by atoms with Gasteiger partial charge in [-0.15, -0.1) is 0 Å². The van der Waals surface area contributed by atoms with Crippen LogP contribution >= 0.6 is 0 Å². The van der Waals surface area contributed by atoms with E-state index >= 15 is 0 Å². The van der Waals surface area contributed by atoms with Crippen molar-refractivity contribution in [3.8, 4) is 5.75 Å². The number of nitrogens with zero attached hydrogens (tertiary/aromatic N) is 2. The molecule has 0 atom stereocenters. The zero-order valence-corrected chi connectivity index (χ0v) is 14.1. The van der Waals surface area contributed by atoms with Gasteiger partial charge in [0.1, 0.15) is 5.75 Å². The number of methoxy groups -OCH3 is 1. The van der Waals surface area contributed by atoms with E-state index in [-0.39, 0.29) is 0 Å². The minimum Gasteiger partial charge on any atom is -0.496 e. The van der Waals surface area contributed by atoms with E-state index in [1.807, 2.05) is 6.07 Å². The third kappa shape index (κ3) is 3.82. The Labute approximate surface area is 135 Å². The molecule has 0 unspecified atom stereocenters. The first kappa shape index (κ1) is 15.8. The molecule has 22 heavy (non-hydrogen) atoms. The standard InChI is InChI=1S/C19H30N2O/c1-16-7-13-21(14-8-16)18-9-11-20(12-10-18)15-17-5-3-4-6-19(17)22-2/h3-6,16,18H,7-15H2,1-2H3. The number of likely N-dealkylation sites (tertiary alicyclic amines) is 2. The number of rotatable bonds is 4. The van der Waals surface area contributed by atoms with Crippen molar-refractivity contribution in [3.63, 3.8) is 0 Å². The summed E-state index contributed by atoms with van der Waals surface area (Å²) in [6.07, 6.45) is 5.43. The Kier molecular flexibility index (Phi) is 5.37. The van der Waals surface area contributed by atoms with Crippen LogP contribution in [0.1, 0.15) is 38.2 Å². The maximum absolute atomic E-state index is 5.48. The van der Waals surface area contributed by atoms with Crippen LogP contribution < -0.4 is 4.74 Å². The smallest absolute Gasteiger partial charge is 0.123 e. The molecule has 1 aromatic rings. The van der Waals surface area contributed by atoms with Gasteiger partial charge in [0.25, 0.3) is 0 Å². The van der Waals surface area contributed by atoms with Gasteiger partial charge in [-0.3, -0.25) is 4.90 Å². The monoisotopic (exact) mass is 302 g/mol. The fourth-order valence-corrected chi connectivity index (χ4v) is 3.91. The zero-order valence-electron chi connectivity index (χ0n) is 14.1. The van der Waals surface area contributed by atoms with Gasteiger partial charge in [-0.2, -0.15) is 0 Å². The van der Waals surface area contributed by atoms with Crippen molar-refractivity contribution >= 4 is 0 Å². The first-order chi connectivity index (χ1) is 10.8. The van der Waals surface area contributed by atoms with Crippen molar-refractivity contribution in [2.24, 2.45) is 5.92 Å². The first-order valence-electron chi connectivity index (χ1n) is 8.84. The highest BCUT2D eigenvalue weighted by Gasteiger charge is 2.27.